The zero-order chi connectivity index (χ0) is 10.3. The quantitative estimate of drug-likeness (QED) is 0.600. The summed E-state index contributed by atoms with van der Waals surface area (Å²) in [7, 11) is 0. The van der Waals surface area contributed by atoms with E-state index in [0.717, 1.165) is 0 Å². The molecular formula is C9H16O4S. The highest BCUT2D eigenvalue weighted by atomic mass is 32.2. The predicted molar refractivity (Wildman–Crippen MR) is 53.2 cm³/mol. The second-order valence-corrected chi connectivity index (χ2v) is 5.31. The zero-order valence-electron chi connectivity index (χ0n) is 8.34. The number of ether oxygens (including phenoxy) is 2. The van der Waals surface area contributed by atoms with Gasteiger partial charge in [0.15, 0.2) is 5.79 Å². The highest BCUT2D eigenvalue weighted by Crippen LogP contribution is 2.35. The summed E-state index contributed by atoms with van der Waals surface area (Å²) in [6, 6.07) is 0. The van der Waals surface area contributed by atoms with Crippen molar-refractivity contribution in [3.05, 3.63) is 0 Å². The first-order valence-electron chi connectivity index (χ1n) is 4.79. The molecule has 2 N–H and O–H groups in total. The van der Waals surface area contributed by atoms with Gasteiger partial charge in [-0.2, -0.15) is 11.8 Å². The fourth-order valence-electron chi connectivity index (χ4n) is 1.91. The van der Waals surface area contributed by atoms with Gasteiger partial charge in [-0.05, 0) is 13.8 Å². The molecule has 4 atom stereocenters. The SMILES string of the molecule is CC1(C)O[C@@H]2[C@H](O1)[C@H](O)CSC[C@@H]2O. The van der Waals surface area contributed by atoms with Gasteiger partial charge in [0.1, 0.15) is 12.2 Å². The van der Waals surface area contributed by atoms with E-state index in [1.54, 1.807) is 13.8 Å². The fourth-order valence-corrected chi connectivity index (χ4v) is 2.91. The second kappa shape index (κ2) is 3.64. The van der Waals surface area contributed by atoms with E-state index in [9.17, 15) is 10.2 Å². The number of thioether (sulfide) groups is 1. The minimum Gasteiger partial charge on any atom is -0.389 e. The predicted octanol–water partition coefficient (Wildman–Crippen LogP) is -0.0249. The normalized spacial score (nSPS) is 47.1. The number of aliphatic hydroxyl groups is 2. The van der Waals surface area contributed by atoms with Gasteiger partial charge in [0.25, 0.3) is 0 Å². The van der Waals surface area contributed by atoms with Gasteiger partial charge < -0.3 is 19.7 Å². The van der Waals surface area contributed by atoms with E-state index >= 15 is 0 Å². The summed E-state index contributed by atoms with van der Waals surface area (Å²) in [6.07, 6.45) is -1.89. The lowest BCUT2D eigenvalue weighted by atomic mass is 10.1. The number of hydrogen-bond donors (Lipinski definition) is 2. The summed E-state index contributed by atoms with van der Waals surface area (Å²) in [6.45, 7) is 3.60. The van der Waals surface area contributed by atoms with Crippen LogP contribution in [0.3, 0.4) is 0 Å². The van der Waals surface area contributed by atoms with Crippen LogP contribution in [-0.4, -0.2) is 51.9 Å². The van der Waals surface area contributed by atoms with Gasteiger partial charge in [-0.1, -0.05) is 0 Å². The lowest BCUT2D eigenvalue weighted by Crippen LogP contribution is -2.41. The molecule has 0 amide bonds. The van der Waals surface area contributed by atoms with Crippen molar-refractivity contribution in [2.45, 2.75) is 44.1 Å². The molecular weight excluding hydrogens is 204 g/mol. The molecule has 5 heteroatoms. The van der Waals surface area contributed by atoms with Crippen LogP contribution in [-0.2, 0) is 9.47 Å². The molecule has 0 aliphatic carbocycles. The Kier molecular flexibility index (Phi) is 2.79. The van der Waals surface area contributed by atoms with E-state index in [-0.39, 0.29) is 0 Å². The molecule has 0 aromatic carbocycles. The third kappa shape index (κ3) is 1.92. The Labute approximate surface area is 87.6 Å². The Morgan fingerprint density at radius 2 is 1.50 bits per heavy atom. The maximum atomic E-state index is 9.77. The molecule has 14 heavy (non-hydrogen) atoms. The zero-order valence-corrected chi connectivity index (χ0v) is 9.16. The molecule has 0 unspecified atom stereocenters. The number of fused-ring (bicyclic) bond motifs is 1. The average molecular weight is 220 g/mol. The summed E-state index contributed by atoms with van der Waals surface area (Å²) >= 11 is 1.53. The third-order valence-electron chi connectivity index (χ3n) is 2.50. The third-order valence-corrected chi connectivity index (χ3v) is 3.65. The van der Waals surface area contributed by atoms with Crippen molar-refractivity contribution in [3.63, 3.8) is 0 Å². The van der Waals surface area contributed by atoms with Gasteiger partial charge in [0.05, 0.1) is 12.2 Å². The van der Waals surface area contributed by atoms with Crippen LogP contribution in [0.1, 0.15) is 13.8 Å². The van der Waals surface area contributed by atoms with E-state index in [4.69, 9.17) is 9.47 Å². The van der Waals surface area contributed by atoms with Gasteiger partial charge >= 0.3 is 0 Å². The molecule has 2 saturated heterocycles. The first kappa shape index (κ1) is 10.7. The van der Waals surface area contributed by atoms with Crippen LogP contribution in [0, 0.1) is 0 Å². The molecule has 2 aliphatic rings. The van der Waals surface area contributed by atoms with Gasteiger partial charge in [0, 0.05) is 11.5 Å². The van der Waals surface area contributed by atoms with Crippen molar-refractivity contribution in [2.75, 3.05) is 11.5 Å². The Hall–Kier alpha value is 0.190. The van der Waals surface area contributed by atoms with Crippen LogP contribution in [0.15, 0.2) is 0 Å². The Morgan fingerprint density at radius 3 is 1.93 bits per heavy atom. The first-order chi connectivity index (χ1) is 6.49. The van der Waals surface area contributed by atoms with Crippen molar-refractivity contribution in [2.24, 2.45) is 0 Å². The van der Waals surface area contributed by atoms with E-state index in [1.165, 1.54) is 11.8 Å². The molecule has 0 radical (unpaired) electrons. The molecule has 0 bridgehead atoms. The summed E-state index contributed by atoms with van der Waals surface area (Å²) in [5, 5.41) is 19.5. The monoisotopic (exact) mass is 220 g/mol. The van der Waals surface area contributed by atoms with Crippen LogP contribution in [0.25, 0.3) is 0 Å². The van der Waals surface area contributed by atoms with Crippen LogP contribution in [0.4, 0.5) is 0 Å². The van der Waals surface area contributed by atoms with Crippen molar-refractivity contribution in [3.8, 4) is 0 Å². The molecule has 2 heterocycles. The highest BCUT2D eigenvalue weighted by Gasteiger charge is 2.49. The number of rotatable bonds is 0. The Bertz CT molecular complexity index is 201. The van der Waals surface area contributed by atoms with Gasteiger partial charge in [0.2, 0.25) is 0 Å². The summed E-state index contributed by atoms with van der Waals surface area (Å²) in [5.41, 5.74) is 0. The van der Waals surface area contributed by atoms with E-state index in [0.29, 0.717) is 11.5 Å². The molecule has 0 spiro atoms. The van der Waals surface area contributed by atoms with Crippen LogP contribution < -0.4 is 0 Å². The topological polar surface area (TPSA) is 58.9 Å². The minimum atomic E-state index is -0.695. The highest BCUT2D eigenvalue weighted by molar-refractivity contribution is 7.99. The largest absolute Gasteiger partial charge is 0.389 e. The van der Waals surface area contributed by atoms with Crippen molar-refractivity contribution in [1.29, 1.82) is 0 Å². The van der Waals surface area contributed by atoms with Crippen LogP contribution in [0.2, 0.25) is 0 Å². The maximum absolute atomic E-state index is 9.77. The lowest BCUT2D eigenvalue weighted by molar-refractivity contribution is -0.159. The van der Waals surface area contributed by atoms with Gasteiger partial charge in [-0.3, -0.25) is 0 Å². The summed E-state index contributed by atoms with van der Waals surface area (Å²) in [4.78, 5) is 0. The van der Waals surface area contributed by atoms with Crippen molar-refractivity contribution < 1.29 is 19.7 Å². The number of hydrogen-bond acceptors (Lipinski definition) is 5. The molecule has 0 aromatic heterocycles. The molecule has 2 rings (SSSR count). The smallest absolute Gasteiger partial charge is 0.164 e. The van der Waals surface area contributed by atoms with E-state index in [2.05, 4.69) is 0 Å². The summed E-state index contributed by atoms with van der Waals surface area (Å²) in [5.74, 6) is 0.495. The second-order valence-electron chi connectivity index (χ2n) is 4.24. The van der Waals surface area contributed by atoms with Crippen LogP contribution >= 0.6 is 11.8 Å². The van der Waals surface area contributed by atoms with Crippen LogP contribution in [0.5, 0.6) is 0 Å². The van der Waals surface area contributed by atoms with E-state index in [1.807, 2.05) is 0 Å². The Morgan fingerprint density at radius 1 is 1.07 bits per heavy atom. The lowest BCUT2D eigenvalue weighted by Gasteiger charge is -2.20. The summed E-state index contributed by atoms with van der Waals surface area (Å²) < 4.78 is 11.1. The van der Waals surface area contributed by atoms with Gasteiger partial charge in [-0.15, -0.1) is 0 Å². The number of aliphatic hydroxyl groups excluding tert-OH is 2. The van der Waals surface area contributed by atoms with Crippen molar-refractivity contribution in [1.82, 2.24) is 0 Å². The molecule has 0 aromatic rings. The molecule has 2 fully saturated rings. The van der Waals surface area contributed by atoms with E-state index < -0.39 is 30.2 Å². The fraction of sp³-hybridized carbons (Fsp3) is 1.00. The Balaban J connectivity index is 2.16. The molecule has 2 aliphatic heterocycles. The maximum Gasteiger partial charge on any atom is 0.164 e. The first-order valence-corrected chi connectivity index (χ1v) is 5.94. The molecule has 4 nitrogen and oxygen atoms in total. The van der Waals surface area contributed by atoms with Crippen molar-refractivity contribution >= 4 is 11.8 Å². The molecule has 0 saturated carbocycles. The standard InChI is InChI=1S/C9H16O4S/c1-9(2)12-7-5(10)3-14-4-6(11)8(7)13-9/h5-8,10-11H,3-4H2,1-2H3/t5-,6+,7-,8+. The average Bonchev–Trinajstić information content (AvgIpc) is 2.35. The minimum absolute atomic E-state index is 0.394. The molecule has 82 valence electrons. The van der Waals surface area contributed by atoms with Gasteiger partial charge in [-0.25, -0.2) is 0 Å².